The van der Waals surface area contributed by atoms with Crippen molar-refractivity contribution in [1.29, 1.82) is 0 Å². The fourth-order valence-electron chi connectivity index (χ4n) is 2.05. The van der Waals surface area contributed by atoms with Gasteiger partial charge in [-0.3, -0.25) is 9.59 Å². The average Bonchev–Trinajstić information content (AvgIpc) is 2.25. The van der Waals surface area contributed by atoms with Gasteiger partial charge in [-0.05, 0) is 12.8 Å². The number of nitrogens with one attached hydrogen (secondary N) is 1. The Morgan fingerprint density at radius 2 is 1.87 bits per heavy atom. The maximum atomic E-state index is 11.7. The molecular formula is C10H17NO3S. The minimum atomic E-state index is -0.847. The predicted molar refractivity (Wildman–Crippen MR) is 59.9 cm³/mol. The predicted octanol–water partition coefficient (Wildman–Crippen LogP) is 0.923. The van der Waals surface area contributed by atoms with Crippen LogP contribution >= 0.6 is 12.6 Å². The topological polar surface area (TPSA) is 66.4 Å². The van der Waals surface area contributed by atoms with Crippen molar-refractivity contribution in [3.8, 4) is 0 Å². The van der Waals surface area contributed by atoms with E-state index in [0.717, 1.165) is 12.8 Å². The standard InChI is InChI=1S/C10H17NO3S/c12-9(11-5-6-15)7-3-1-2-4-8(7)10(13)14/h7-8,15H,1-6H2,(H,11,12)(H,13,14)/t7-,8-/m1/s1. The molecule has 2 atom stereocenters. The summed E-state index contributed by atoms with van der Waals surface area (Å²) in [6.45, 7) is 0.505. The first-order chi connectivity index (χ1) is 7.16. The number of carboxylic acids is 1. The molecule has 0 saturated heterocycles. The number of carbonyl (C=O) groups excluding carboxylic acids is 1. The van der Waals surface area contributed by atoms with Crippen LogP contribution in [0.3, 0.4) is 0 Å². The van der Waals surface area contributed by atoms with Gasteiger partial charge in [-0.2, -0.15) is 12.6 Å². The first-order valence-electron chi connectivity index (χ1n) is 5.28. The lowest BCUT2D eigenvalue weighted by Crippen LogP contribution is -2.40. The van der Waals surface area contributed by atoms with Crippen LogP contribution in [-0.4, -0.2) is 29.3 Å². The fraction of sp³-hybridized carbons (Fsp3) is 0.800. The van der Waals surface area contributed by atoms with Gasteiger partial charge in [0.1, 0.15) is 0 Å². The molecule has 0 aromatic rings. The van der Waals surface area contributed by atoms with E-state index in [1.165, 1.54) is 0 Å². The second-order valence-corrected chi connectivity index (χ2v) is 4.30. The highest BCUT2D eigenvalue weighted by atomic mass is 32.1. The summed E-state index contributed by atoms with van der Waals surface area (Å²) in [6, 6.07) is 0. The van der Waals surface area contributed by atoms with Crippen molar-refractivity contribution < 1.29 is 14.7 Å². The van der Waals surface area contributed by atoms with E-state index >= 15 is 0 Å². The molecule has 1 amide bonds. The quantitative estimate of drug-likeness (QED) is 0.630. The third-order valence-electron chi connectivity index (χ3n) is 2.83. The Hall–Kier alpha value is -0.710. The van der Waals surface area contributed by atoms with Crippen molar-refractivity contribution in [3.63, 3.8) is 0 Å². The monoisotopic (exact) mass is 231 g/mol. The van der Waals surface area contributed by atoms with Gasteiger partial charge >= 0.3 is 5.97 Å². The van der Waals surface area contributed by atoms with Gasteiger partial charge in [0, 0.05) is 12.3 Å². The van der Waals surface area contributed by atoms with Crippen molar-refractivity contribution in [3.05, 3.63) is 0 Å². The normalized spacial score (nSPS) is 25.9. The molecule has 1 saturated carbocycles. The van der Waals surface area contributed by atoms with E-state index in [-0.39, 0.29) is 11.8 Å². The molecule has 4 nitrogen and oxygen atoms in total. The molecule has 1 aliphatic carbocycles. The summed E-state index contributed by atoms with van der Waals surface area (Å²) in [5.74, 6) is -1.25. The third-order valence-corrected chi connectivity index (χ3v) is 3.05. The Morgan fingerprint density at radius 3 is 2.40 bits per heavy atom. The van der Waals surface area contributed by atoms with Gasteiger partial charge in [0.05, 0.1) is 11.8 Å². The summed E-state index contributed by atoms with van der Waals surface area (Å²) in [5, 5.41) is 11.7. The SMILES string of the molecule is O=C(O)[C@@H]1CCCC[C@H]1C(=O)NCCS. The molecule has 86 valence electrons. The molecular weight excluding hydrogens is 214 g/mol. The molecule has 2 N–H and O–H groups in total. The molecule has 0 heterocycles. The Labute approximate surface area is 94.8 Å². The van der Waals surface area contributed by atoms with E-state index in [2.05, 4.69) is 17.9 Å². The Balaban J connectivity index is 2.55. The number of hydrogen-bond donors (Lipinski definition) is 3. The van der Waals surface area contributed by atoms with Crippen LogP contribution < -0.4 is 5.32 Å². The lowest BCUT2D eigenvalue weighted by atomic mass is 9.79. The number of aliphatic carboxylic acids is 1. The molecule has 0 aliphatic heterocycles. The summed E-state index contributed by atoms with van der Waals surface area (Å²) in [6.07, 6.45) is 3.17. The average molecular weight is 231 g/mol. The molecule has 1 rings (SSSR count). The van der Waals surface area contributed by atoms with Gasteiger partial charge in [-0.25, -0.2) is 0 Å². The minimum absolute atomic E-state index is 0.129. The summed E-state index contributed by atoms with van der Waals surface area (Å²) < 4.78 is 0. The molecule has 0 aromatic carbocycles. The van der Waals surface area contributed by atoms with E-state index < -0.39 is 11.9 Å². The number of carbonyl (C=O) groups is 2. The molecule has 0 bridgehead atoms. The zero-order chi connectivity index (χ0) is 11.3. The Bertz CT molecular complexity index is 245. The molecule has 15 heavy (non-hydrogen) atoms. The zero-order valence-corrected chi connectivity index (χ0v) is 9.50. The van der Waals surface area contributed by atoms with Gasteiger partial charge in [-0.1, -0.05) is 12.8 Å². The van der Waals surface area contributed by atoms with Crippen molar-refractivity contribution in [2.24, 2.45) is 11.8 Å². The van der Waals surface area contributed by atoms with Crippen LogP contribution in [0.15, 0.2) is 0 Å². The molecule has 0 radical (unpaired) electrons. The second-order valence-electron chi connectivity index (χ2n) is 3.85. The first-order valence-corrected chi connectivity index (χ1v) is 5.91. The number of rotatable bonds is 4. The van der Waals surface area contributed by atoms with E-state index in [1.54, 1.807) is 0 Å². The highest BCUT2D eigenvalue weighted by Crippen LogP contribution is 2.30. The van der Waals surface area contributed by atoms with E-state index in [0.29, 0.717) is 25.1 Å². The number of carboxylic acid groups (broad SMARTS) is 1. The van der Waals surface area contributed by atoms with Crippen LogP contribution in [0, 0.1) is 11.8 Å². The maximum Gasteiger partial charge on any atom is 0.307 e. The van der Waals surface area contributed by atoms with Crippen LogP contribution in [0.4, 0.5) is 0 Å². The van der Waals surface area contributed by atoms with Crippen molar-refractivity contribution in [1.82, 2.24) is 5.32 Å². The third kappa shape index (κ3) is 3.41. The fourth-order valence-corrected chi connectivity index (χ4v) is 2.16. The maximum absolute atomic E-state index is 11.7. The highest BCUT2D eigenvalue weighted by Gasteiger charge is 2.35. The van der Waals surface area contributed by atoms with Crippen molar-refractivity contribution in [2.75, 3.05) is 12.3 Å². The van der Waals surface area contributed by atoms with Gasteiger partial charge in [0.25, 0.3) is 0 Å². The van der Waals surface area contributed by atoms with Crippen LogP contribution in [0.25, 0.3) is 0 Å². The minimum Gasteiger partial charge on any atom is -0.481 e. The number of hydrogen-bond acceptors (Lipinski definition) is 3. The lowest BCUT2D eigenvalue weighted by Gasteiger charge is -2.27. The largest absolute Gasteiger partial charge is 0.481 e. The molecule has 1 aliphatic rings. The first kappa shape index (κ1) is 12.4. The van der Waals surface area contributed by atoms with Gasteiger partial charge in [0.15, 0.2) is 0 Å². The van der Waals surface area contributed by atoms with Crippen LogP contribution in [0.1, 0.15) is 25.7 Å². The van der Waals surface area contributed by atoms with Crippen LogP contribution in [-0.2, 0) is 9.59 Å². The molecule has 0 unspecified atom stereocenters. The summed E-state index contributed by atoms with van der Waals surface area (Å²) in [7, 11) is 0. The van der Waals surface area contributed by atoms with E-state index in [4.69, 9.17) is 5.11 Å². The molecule has 5 heteroatoms. The molecule has 0 spiro atoms. The van der Waals surface area contributed by atoms with Gasteiger partial charge < -0.3 is 10.4 Å². The van der Waals surface area contributed by atoms with E-state index in [9.17, 15) is 9.59 Å². The Kier molecular flexibility index (Phi) is 4.94. The highest BCUT2D eigenvalue weighted by molar-refractivity contribution is 7.80. The van der Waals surface area contributed by atoms with Crippen LogP contribution in [0.2, 0.25) is 0 Å². The summed E-state index contributed by atoms with van der Waals surface area (Å²) in [5.41, 5.74) is 0. The number of amides is 1. The zero-order valence-electron chi connectivity index (χ0n) is 8.61. The summed E-state index contributed by atoms with van der Waals surface area (Å²) >= 11 is 3.99. The Morgan fingerprint density at radius 1 is 1.27 bits per heavy atom. The van der Waals surface area contributed by atoms with Crippen LogP contribution in [0.5, 0.6) is 0 Å². The number of thiol groups is 1. The molecule has 0 aromatic heterocycles. The van der Waals surface area contributed by atoms with Gasteiger partial charge in [0.2, 0.25) is 5.91 Å². The van der Waals surface area contributed by atoms with Crippen molar-refractivity contribution >= 4 is 24.5 Å². The van der Waals surface area contributed by atoms with Gasteiger partial charge in [-0.15, -0.1) is 0 Å². The molecule has 1 fully saturated rings. The lowest BCUT2D eigenvalue weighted by molar-refractivity contribution is -0.148. The smallest absolute Gasteiger partial charge is 0.307 e. The second kappa shape index (κ2) is 6.00. The van der Waals surface area contributed by atoms with E-state index in [1.807, 2.05) is 0 Å². The summed E-state index contributed by atoms with van der Waals surface area (Å²) in [4.78, 5) is 22.6. The van der Waals surface area contributed by atoms with Crippen molar-refractivity contribution in [2.45, 2.75) is 25.7 Å².